The lowest BCUT2D eigenvalue weighted by atomic mass is 10.2. The number of hydrogen-bond donors (Lipinski definition) is 3. The van der Waals surface area contributed by atoms with Crippen LogP contribution in [0.5, 0.6) is 5.75 Å². The lowest BCUT2D eigenvalue weighted by Gasteiger charge is -2.10. The summed E-state index contributed by atoms with van der Waals surface area (Å²) in [6.07, 6.45) is 1.19. The number of carbonyl (C=O) groups is 1. The zero-order valence-corrected chi connectivity index (χ0v) is 17.5. The fraction of sp³-hybridized carbons (Fsp3) is 0.100. The van der Waals surface area contributed by atoms with Gasteiger partial charge in [0.1, 0.15) is 5.75 Å². The lowest BCUT2D eigenvalue weighted by molar-refractivity contribution is -0.384. The highest BCUT2D eigenvalue weighted by Gasteiger charge is 2.14. The van der Waals surface area contributed by atoms with Gasteiger partial charge < -0.3 is 15.2 Å². The maximum absolute atomic E-state index is 11.8. The van der Waals surface area contributed by atoms with E-state index in [0.29, 0.717) is 11.3 Å². The van der Waals surface area contributed by atoms with Gasteiger partial charge in [0.2, 0.25) is 11.3 Å². The van der Waals surface area contributed by atoms with Crippen molar-refractivity contribution in [2.75, 3.05) is 17.3 Å². The number of hydrazone groups is 1. The highest BCUT2D eigenvalue weighted by atomic mass is 16.6. The predicted octanol–water partition coefficient (Wildman–Crippen LogP) is 2.99. The first-order valence-corrected chi connectivity index (χ1v) is 9.75. The number of rotatable bonds is 8. The number of hydrogen-bond acceptors (Lipinski definition) is 13. The van der Waals surface area contributed by atoms with E-state index in [4.69, 9.17) is 4.74 Å². The fourth-order valence-corrected chi connectivity index (χ4v) is 2.77. The molecule has 0 bridgehead atoms. The molecule has 0 saturated carbocycles. The molecule has 0 unspecified atom stereocenters. The molecule has 3 N–H and O–H groups in total. The third kappa shape index (κ3) is 4.85. The quantitative estimate of drug-likeness (QED) is 0.150. The van der Waals surface area contributed by atoms with Crippen molar-refractivity contribution in [1.29, 1.82) is 0 Å². The van der Waals surface area contributed by atoms with Gasteiger partial charge in [0.15, 0.2) is 11.6 Å². The Bertz CT molecular complexity index is 1390. The Balaban J connectivity index is 1.58. The van der Waals surface area contributed by atoms with Gasteiger partial charge >= 0.3 is 5.97 Å². The number of anilines is 3. The molecule has 2 heterocycles. The predicted molar refractivity (Wildman–Crippen MR) is 119 cm³/mol. The number of ether oxygens (including phenoxy) is 1. The number of phenolic OH excluding ortho intramolecular Hbond substituents is 1. The summed E-state index contributed by atoms with van der Waals surface area (Å²) in [4.78, 5) is 30.7. The summed E-state index contributed by atoms with van der Waals surface area (Å²) in [5, 5.41) is 35.2. The Morgan fingerprint density at radius 3 is 2.56 bits per heavy atom. The molecule has 0 aliphatic rings. The number of fused-ring (bicyclic) bond motifs is 1. The van der Waals surface area contributed by atoms with E-state index < -0.39 is 10.9 Å². The third-order valence-corrected chi connectivity index (χ3v) is 4.37. The second kappa shape index (κ2) is 9.56. The number of nitrogens with zero attached hydrogens (tertiary/aromatic N) is 6. The zero-order chi connectivity index (χ0) is 24.1. The van der Waals surface area contributed by atoms with Gasteiger partial charge in [-0.25, -0.2) is 14.4 Å². The molecular formula is C20H16N8O6. The Morgan fingerprint density at radius 1 is 1.18 bits per heavy atom. The Labute approximate surface area is 190 Å². The second-order valence-corrected chi connectivity index (χ2v) is 6.63. The number of nitro benzene ring substituents is 1. The number of benzene rings is 2. The minimum Gasteiger partial charge on any atom is -0.507 e. The van der Waals surface area contributed by atoms with E-state index in [-0.39, 0.29) is 46.5 Å². The Kier molecular flexibility index (Phi) is 6.20. The van der Waals surface area contributed by atoms with Crippen LogP contribution in [0.1, 0.15) is 22.8 Å². The highest BCUT2D eigenvalue weighted by Crippen LogP contribution is 2.25. The summed E-state index contributed by atoms with van der Waals surface area (Å²) in [5.74, 6) is -0.310. The van der Waals surface area contributed by atoms with E-state index in [2.05, 4.69) is 40.8 Å². The summed E-state index contributed by atoms with van der Waals surface area (Å²) in [6, 6.07) is 9.99. The second-order valence-electron chi connectivity index (χ2n) is 6.63. The minimum absolute atomic E-state index is 0.110. The van der Waals surface area contributed by atoms with Crippen LogP contribution in [0.3, 0.4) is 0 Å². The molecule has 0 spiro atoms. The molecule has 0 aliphatic carbocycles. The molecule has 0 radical (unpaired) electrons. The summed E-state index contributed by atoms with van der Waals surface area (Å²) in [6.45, 7) is 1.99. The van der Waals surface area contributed by atoms with Crippen LogP contribution in [0, 0.1) is 10.1 Å². The van der Waals surface area contributed by atoms with Crippen molar-refractivity contribution in [2.24, 2.45) is 5.10 Å². The maximum Gasteiger partial charge on any atom is 0.338 e. The number of non-ortho nitro benzene ring substituents is 1. The van der Waals surface area contributed by atoms with E-state index in [1.807, 2.05) is 0 Å². The molecule has 4 rings (SSSR count). The average molecular weight is 464 g/mol. The lowest BCUT2D eigenvalue weighted by Crippen LogP contribution is -2.05. The van der Waals surface area contributed by atoms with Crippen LogP contribution in [0.4, 0.5) is 23.0 Å². The monoisotopic (exact) mass is 464 g/mol. The highest BCUT2D eigenvalue weighted by molar-refractivity contribution is 5.90. The molecule has 2 aromatic heterocycles. The first kappa shape index (κ1) is 22.1. The fourth-order valence-electron chi connectivity index (χ4n) is 2.77. The van der Waals surface area contributed by atoms with E-state index in [1.54, 1.807) is 31.2 Å². The molecule has 0 amide bonds. The standard InChI is InChI=1S/C20H16N8O6/c1-2-33-20(30)11-3-5-13(6-4-11)22-16-17(24-19-18(23-16)26-34-27-19)25-21-10-12-9-14(28(31)32)7-8-15(12)29/h3-10,29H,2H2,1H3,(H,22,23,26)(H,24,25,27). The van der Waals surface area contributed by atoms with Crippen molar-refractivity contribution < 1.29 is 24.2 Å². The van der Waals surface area contributed by atoms with Gasteiger partial charge in [-0.1, -0.05) is 0 Å². The molecule has 0 aliphatic heterocycles. The number of carbonyl (C=O) groups excluding carboxylic acids is 1. The SMILES string of the molecule is CCOC(=O)c1ccc(Nc2nc3nonc3nc2NN=Cc2cc([N+](=O)[O-])ccc2O)cc1. The topological polar surface area (TPSA) is 191 Å². The van der Waals surface area contributed by atoms with Crippen molar-refractivity contribution in [1.82, 2.24) is 20.3 Å². The number of esters is 1. The molecule has 34 heavy (non-hydrogen) atoms. The van der Waals surface area contributed by atoms with Crippen LogP contribution < -0.4 is 10.7 Å². The van der Waals surface area contributed by atoms with Gasteiger partial charge in [-0.3, -0.25) is 15.5 Å². The summed E-state index contributed by atoms with van der Waals surface area (Å²) in [7, 11) is 0. The number of nitrogens with one attached hydrogen (secondary N) is 2. The zero-order valence-electron chi connectivity index (χ0n) is 17.5. The first-order valence-electron chi connectivity index (χ1n) is 9.75. The summed E-state index contributed by atoms with van der Waals surface area (Å²) >= 11 is 0. The van der Waals surface area contributed by atoms with Crippen molar-refractivity contribution in [2.45, 2.75) is 6.92 Å². The smallest absolute Gasteiger partial charge is 0.338 e. The molecule has 14 heteroatoms. The van der Waals surface area contributed by atoms with E-state index in [0.717, 1.165) is 0 Å². The molecule has 0 atom stereocenters. The van der Waals surface area contributed by atoms with Gasteiger partial charge in [0.25, 0.3) is 5.69 Å². The first-order chi connectivity index (χ1) is 16.4. The van der Waals surface area contributed by atoms with Crippen LogP contribution in [-0.4, -0.2) is 49.1 Å². The molecular weight excluding hydrogens is 448 g/mol. The van der Waals surface area contributed by atoms with Gasteiger partial charge in [0, 0.05) is 23.4 Å². The van der Waals surface area contributed by atoms with Crippen LogP contribution in [0.15, 0.2) is 52.2 Å². The average Bonchev–Trinajstić information content (AvgIpc) is 3.28. The number of phenols is 1. The van der Waals surface area contributed by atoms with Crippen LogP contribution in [-0.2, 0) is 4.74 Å². The van der Waals surface area contributed by atoms with Gasteiger partial charge in [-0.15, -0.1) is 0 Å². The van der Waals surface area contributed by atoms with E-state index >= 15 is 0 Å². The van der Waals surface area contributed by atoms with Crippen molar-refractivity contribution in [3.63, 3.8) is 0 Å². The van der Waals surface area contributed by atoms with Crippen molar-refractivity contribution in [3.8, 4) is 5.75 Å². The molecule has 14 nitrogen and oxygen atoms in total. The van der Waals surface area contributed by atoms with E-state index in [9.17, 15) is 20.0 Å². The summed E-state index contributed by atoms with van der Waals surface area (Å²) < 4.78 is 9.61. The van der Waals surface area contributed by atoms with Gasteiger partial charge in [-0.2, -0.15) is 10.1 Å². The summed E-state index contributed by atoms with van der Waals surface area (Å²) in [5.41, 5.74) is 3.76. The van der Waals surface area contributed by atoms with E-state index in [1.165, 1.54) is 24.4 Å². The van der Waals surface area contributed by atoms with Crippen molar-refractivity contribution in [3.05, 3.63) is 63.7 Å². The molecule has 0 saturated heterocycles. The molecule has 172 valence electrons. The minimum atomic E-state index is -0.587. The third-order valence-electron chi connectivity index (χ3n) is 4.37. The Morgan fingerprint density at radius 2 is 1.88 bits per heavy atom. The van der Waals surface area contributed by atoms with Crippen LogP contribution >= 0.6 is 0 Å². The normalized spacial score (nSPS) is 11.0. The number of aromatic hydroxyl groups is 1. The molecule has 4 aromatic rings. The Hall–Kier alpha value is -5.14. The maximum atomic E-state index is 11.8. The van der Waals surface area contributed by atoms with Crippen molar-refractivity contribution >= 4 is 46.5 Å². The number of nitro groups is 1. The van der Waals surface area contributed by atoms with Crippen LogP contribution in [0.2, 0.25) is 0 Å². The largest absolute Gasteiger partial charge is 0.507 e. The number of aromatic nitrogens is 4. The van der Waals surface area contributed by atoms with Crippen LogP contribution in [0.25, 0.3) is 11.3 Å². The van der Waals surface area contributed by atoms with Gasteiger partial charge in [-0.05, 0) is 47.6 Å². The molecule has 0 fully saturated rings. The molecule has 2 aromatic carbocycles. The van der Waals surface area contributed by atoms with Gasteiger partial charge in [0.05, 0.1) is 23.3 Å².